The maximum atomic E-state index is 12.0. The summed E-state index contributed by atoms with van der Waals surface area (Å²) in [5, 5.41) is 2.79. The van der Waals surface area contributed by atoms with Crippen LogP contribution in [0.5, 0.6) is 0 Å². The van der Waals surface area contributed by atoms with Crippen LogP contribution >= 0.6 is 0 Å². The topological polar surface area (TPSA) is 78.5 Å². The van der Waals surface area contributed by atoms with Gasteiger partial charge in [-0.1, -0.05) is 38.1 Å². The number of carbonyl (C=O) groups is 1. The number of hydrogen-bond donors (Lipinski definition) is 2. The summed E-state index contributed by atoms with van der Waals surface area (Å²) in [4.78, 5) is 13.6. The second kappa shape index (κ2) is 9.64. The van der Waals surface area contributed by atoms with Crippen LogP contribution in [0.3, 0.4) is 0 Å². The molecule has 0 spiro atoms. The van der Waals surface area contributed by atoms with Gasteiger partial charge < -0.3 is 10.2 Å². The number of amides is 2. The zero-order valence-electron chi connectivity index (χ0n) is 15.0. The van der Waals surface area contributed by atoms with Crippen LogP contribution in [-0.4, -0.2) is 45.2 Å². The molecule has 0 radical (unpaired) electrons. The lowest BCUT2D eigenvalue weighted by Crippen LogP contribution is -2.38. The van der Waals surface area contributed by atoms with Gasteiger partial charge in [0.05, 0.1) is 5.75 Å². The van der Waals surface area contributed by atoms with Gasteiger partial charge in [-0.3, -0.25) is 0 Å². The number of hydrogen-bond acceptors (Lipinski definition) is 3. The molecule has 0 aromatic heterocycles. The van der Waals surface area contributed by atoms with Crippen molar-refractivity contribution in [1.82, 2.24) is 14.9 Å². The van der Waals surface area contributed by atoms with Crippen LogP contribution in [0.2, 0.25) is 0 Å². The Bertz CT molecular complexity index is 612. The predicted molar refractivity (Wildman–Crippen MR) is 97.5 cm³/mol. The summed E-state index contributed by atoms with van der Waals surface area (Å²) < 4.78 is 25.0. The van der Waals surface area contributed by atoms with Crippen molar-refractivity contribution in [2.45, 2.75) is 39.7 Å². The van der Waals surface area contributed by atoms with Crippen LogP contribution in [0.25, 0.3) is 0 Å². The fraction of sp³-hybridized carbons (Fsp3) is 0.588. The summed E-state index contributed by atoms with van der Waals surface area (Å²) in [6, 6.07) is 8.09. The molecule has 2 N–H and O–H groups in total. The molecule has 0 saturated heterocycles. The van der Waals surface area contributed by atoms with Crippen molar-refractivity contribution in [2.75, 3.05) is 25.9 Å². The highest BCUT2D eigenvalue weighted by molar-refractivity contribution is 7.89. The number of rotatable bonds is 9. The number of sulfonamides is 1. The Balaban J connectivity index is 2.32. The first kappa shape index (κ1) is 20.4. The van der Waals surface area contributed by atoms with E-state index < -0.39 is 10.0 Å². The van der Waals surface area contributed by atoms with E-state index in [-0.39, 0.29) is 11.8 Å². The highest BCUT2D eigenvalue weighted by Crippen LogP contribution is 2.15. The highest BCUT2D eigenvalue weighted by Gasteiger charge is 2.09. The minimum absolute atomic E-state index is 0.0672. The molecule has 24 heavy (non-hydrogen) atoms. The van der Waals surface area contributed by atoms with Gasteiger partial charge in [-0.25, -0.2) is 17.9 Å². The van der Waals surface area contributed by atoms with Gasteiger partial charge in [-0.05, 0) is 30.4 Å². The van der Waals surface area contributed by atoms with Gasteiger partial charge >= 0.3 is 6.03 Å². The van der Waals surface area contributed by atoms with E-state index >= 15 is 0 Å². The third-order valence-corrected chi connectivity index (χ3v) is 5.15. The molecule has 0 aliphatic rings. The molecule has 1 aromatic rings. The number of nitrogens with one attached hydrogen (secondary N) is 2. The first-order valence-electron chi connectivity index (χ1n) is 8.30. The molecule has 0 fully saturated rings. The maximum absolute atomic E-state index is 12.0. The lowest BCUT2D eigenvalue weighted by molar-refractivity contribution is 0.207. The molecule has 0 aliphatic heterocycles. The van der Waals surface area contributed by atoms with Crippen LogP contribution in [0, 0.1) is 0 Å². The summed E-state index contributed by atoms with van der Waals surface area (Å²) in [5.74, 6) is 0.558. The molecule has 0 heterocycles. The molecular weight excluding hydrogens is 326 g/mol. The van der Waals surface area contributed by atoms with Crippen molar-refractivity contribution in [3.8, 4) is 0 Å². The zero-order valence-corrected chi connectivity index (χ0v) is 15.8. The van der Waals surface area contributed by atoms with Crippen molar-refractivity contribution in [3.05, 3.63) is 35.4 Å². The normalized spacial score (nSPS) is 11.5. The average molecular weight is 356 g/mol. The van der Waals surface area contributed by atoms with Gasteiger partial charge in [-0.2, -0.15) is 0 Å². The van der Waals surface area contributed by atoms with E-state index in [9.17, 15) is 13.2 Å². The number of urea groups is 1. The molecule has 136 valence electrons. The molecular formula is C17H29N3O3S. The fourth-order valence-electron chi connectivity index (χ4n) is 2.10. The third kappa shape index (κ3) is 7.31. The van der Waals surface area contributed by atoms with Gasteiger partial charge in [0.1, 0.15) is 0 Å². The van der Waals surface area contributed by atoms with Crippen LogP contribution in [0.4, 0.5) is 4.79 Å². The second-order valence-electron chi connectivity index (χ2n) is 6.14. The van der Waals surface area contributed by atoms with E-state index in [0.29, 0.717) is 32.0 Å². The zero-order chi connectivity index (χ0) is 18.2. The molecule has 0 bridgehead atoms. The van der Waals surface area contributed by atoms with Gasteiger partial charge in [0, 0.05) is 26.7 Å². The molecule has 1 rings (SSSR count). The van der Waals surface area contributed by atoms with Crippen LogP contribution in [0.15, 0.2) is 24.3 Å². The molecule has 0 aliphatic carbocycles. The monoisotopic (exact) mass is 355 g/mol. The lowest BCUT2D eigenvalue weighted by Gasteiger charge is -2.18. The molecule has 0 saturated carbocycles. The van der Waals surface area contributed by atoms with Gasteiger partial charge in [0.25, 0.3) is 0 Å². The van der Waals surface area contributed by atoms with Crippen LogP contribution in [0.1, 0.15) is 44.2 Å². The minimum Gasteiger partial charge on any atom is -0.338 e. The standard InChI is InChI=1S/C17H29N3O3S/c1-5-24(22,23)19-12-6-11-18-17(21)20(4)13-15-7-9-16(10-8-15)14(2)3/h7-10,14,19H,5-6,11-13H2,1-4H3,(H,18,21). The lowest BCUT2D eigenvalue weighted by atomic mass is 10.0. The average Bonchev–Trinajstić information content (AvgIpc) is 2.54. The SMILES string of the molecule is CCS(=O)(=O)NCCCNC(=O)N(C)Cc1ccc(C(C)C)cc1. The number of carbonyl (C=O) groups excluding carboxylic acids is 1. The Labute approximate surface area is 145 Å². The van der Waals surface area contributed by atoms with E-state index in [0.717, 1.165) is 5.56 Å². The first-order chi connectivity index (χ1) is 11.2. The molecule has 7 heteroatoms. The fourth-order valence-corrected chi connectivity index (χ4v) is 2.76. The maximum Gasteiger partial charge on any atom is 0.317 e. The quantitative estimate of drug-likeness (QED) is 0.667. The van der Waals surface area contributed by atoms with E-state index in [4.69, 9.17) is 0 Å². The van der Waals surface area contributed by atoms with Gasteiger partial charge in [0.15, 0.2) is 0 Å². The van der Waals surface area contributed by atoms with Gasteiger partial charge in [0.2, 0.25) is 10.0 Å². The number of benzene rings is 1. The summed E-state index contributed by atoms with van der Waals surface area (Å²) >= 11 is 0. The first-order valence-corrected chi connectivity index (χ1v) is 9.95. The molecule has 0 atom stereocenters. The Hall–Kier alpha value is -1.60. The van der Waals surface area contributed by atoms with Crippen LogP contribution in [-0.2, 0) is 16.6 Å². The van der Waals surface area contributed by atoms with Crippen molar-refractivity contribution in [3.63, 3.8) is 0 Å². The minimum atomic E-state index is -3.16. The van der Waals surface area contributed by atoms with Crippen molar-refractivity contribution in [1.29, 1.82) is 0 Å². The van der Waals surface area contributed by atoms with Gasteiger partial charge in [-0.15, -0.1) is 0 Å². The van der Waals surface area contributed by atoms with Crippen LogP contribution < -0.4 is 10.0 Å². The Morgan fingerprint density at radius 3 is 2.33 bits per heavy atom. The highest BCUT2D eigenvalue weighted by atomic mass is 32.2. The van der Waals surface area contributed by atoms with E-state index in [1.54, 1.807) is 18.9 Å². The van der Waals surface area contributed by atoms with E-state index in [2.05, 4.69) is 36.0 Å². The Morgan fingerprint density at radius 2 is 1.79 bits per heavy atom. The third-order valence-electron chi connectivity index (χ3n) is 3.74. The van der Waals surface area contributed by atoms with E-state index in [1.807, 2.05) is 12.1 Å². The predicted octanol–water partition coefficient (Wildman–Crippen LogP) is 2.28. The summed E-state index contributed by atoms with van der Waals surface area (Å²) in [7, 11) is -1.42. The smallest absolute Gasteiger partial charge is 0.317 e. The summed E-state index contributed by atoms with van der Waals surface area (Å²) in [5.41, 5.74) is 2.35. The van der Waals surface area contributed by atoms with Crippen molar-refractivity contribution >= 4 is 16.1 Å². The molecule has 1 aromatic carbocycles. The Morgan fingerprint density at radius 1 is 1.17 bits per heavy atom. The van der Waals surface area contributed by atoms with Crippen molar-refractivity contribution in [2.24, 2.45) is 0 Å². The summed E-state index contributed by atoms with van der Waals surface area (Å²) in [6.45, 7) is 7.18. The molecule has 2 amide bonds. The second-order valence-corrected chi connectivity index (χ2v) is 8.23. The Kier molecular flexibility index (Phi) is 8.21. The number of nitrogens with zero attached hydrogens (tertiary/aromatic N) is 1. The molecule has 6 nitrogen and oxygen atoms in total. The largest absolute Gasteiger partial charge is 0.338 e. The molecule has 0 unspecified atom stereocenters. The summed E-state index contributed by atoms with van der Waals surface area (Å²) in [6.07, 6.45) is 0.557. The van der Waals surface area contributed by atoms with E-state index in [1.165, 1.54) is 5.56 Å². The van der Waals surface area contributed by atoms with Crippen molar-refractivity contribution < 1.29 is 13.2 Å².